The molecule has 84 heavy (non-hydrogen) atoms. The van der Waals surface area contributed by atoms with Crippen molar-refractivity contribution in [2.24, 2.45) is 0 Å². The third-order valence-electron chi connectivity index (χ3n) is 13.9. The lowest BCUT2D eigenvalue weighted by atomic mass is 10.1. The van der Waals surface area contributed by atoms with E-state index in [1.807, 2.05) is 72.8 Å². The van der Waals surface area contributed by atoms with Crippen LogP contribution in [0.25, 0.3) is 16.7 Å². The molecule has 0 amide bonds. The molecule has 0 bridgehead atoms. The lowest BCUT2D eigenvalue weighted by molar-refractivity contribution is -0.191. The molecule has 0 N–H and O–H groups in total. The van der Waals surface area contributed by atoms with E-state index >= 15 is 0 Å². The first kappa shape index (κ1) is 71.4. The van der Waals surface area contributed by atoms with Crippen molar-refractivity contribution in [3.05, 3.63) is 109 Å². The molecule has 0 aromatic heterocycles. The van der Waals surface area contributed by atoms with Gasteiger partial charge in [-0.1, -0.05) is 172 Å². The average molecular weight is 1170 g/mol. The topological polar surface area (TPSA) is 185 Å². The maximum atomic E-state index is 13.0. The summed E-state index contributed by atoms with van der Waals surface area (Å²) in [5.74, 6) is -0.227. The summed E-state index contributed by atoms with van der Waals surface area (Å²) in [5, 5.41) is 0. The molecule has 3 aromatic carbocycles. The number of unbranched alkanes of at least 4 members (excludes halogenated alkanes) is 21. The lowest BCUT2D eigenvalue weighted by Gasteiger charge is -2.18. The lowest BCUT2D eigenvalue weighted by Crippen LogP contribution is -2.26. The zero-order valence-corrected chi connectivity index (χ0v) is 51.0. The highest BCUT2D eigenvalue weighted by molar-refractivity contribution is 6.16. The molecule has 0 radical (unpaired) electrons. The largest absolute Gasteiger partial charge is 0.494 e. The Hall–Kier alpha value is -6.90. The van der Waals surface area contributed by atoms with Gasteiger partial charge in [-0.25, -0.2) is 14.4 Å². The molecule has 0 aliphatic carbocycles. The van der Waals surface area contributed by atoms with Gasteiger partial charge < -0.3 is 42.6 Å². The quantitative estimate of drug-likeness (QED) is 0.0171. The zero-order valence-electron chi connectivity index (χ0n) is 51.0. The van der Waals surface area contributed by atoms with Crippen molar-refractivity contribution in [2.75, 3.05) is 46.2 Å². The highest BCUT2D eigenvalue weighted by atomic mass is 16.7. The molecule has 0 aliphatic rings. The van der Waals surface area contributed by atoms with Gasteiger partial charge in [-0.05, 0) is 112 Å². The molecule has 0 fully saturated rings. The predicted molar refractivity (Wildman–Crippen MR) is 329 cm³/mol. The summed E-state index contributed by atoms with van der Waals surface area (Å²) in [6.45, 7) is 19.5. The molecule has 0 aliphatic heterocycles. The molecular formula is C69H98O15. The van der Waals surface area contributed by atoms with Crippen molar-refractivity contribution in [1.82, 2.24) is 0 Å². The molecule has 0 heterocycles. The summed E-state index contributed by atoms with van der Waals surface area (Å²) in [5.41, 5.74) is 3.09. The van der Waals surface area contributed by atoms with Crippen LogP contribution >= 0.6 is 0 Å². The van der Waals surface area contributed by atoms with Gasteiger partial charge in [-0.15, -0.1) is 0 Å². The Morgan fingerprint density at radius 1 is 0.321 bits per heavy atom. The van der Waals surface area contributed by atoms with E-state index in [2.05, 4.69) is 19.7 Å². The Morgan fingerprint density at radius 2 is 0.571 bits per heavy atom. The summed E-state index contributed by atoms with van der Waals surface area (Å²) in [6.07, 6.45) is 23.2. The summed E-state index contributed by atoms with van der Waals surface area (Å²) in [4.78, 5) is 74.4. The number of benzene rings is 3. The molecule has 0 saturated heterocycles. The van der Waals surface area contributed by atoms with Crippen molar-refractivity contribution in [3.63, 3.8) is 0 Å². The first-order chi connectivity index (χ1) is 40.8. The molecule has 464 valence electrons. The van der Waals surface area contributed by atoms with Crippen LogP contribution in [0, 0.1) is 0 Å². The molecule has 15 heteroatoms. The van der Waals surface area contributed by atoms with Gasteiger partial charge in [0, 0.05) is 19.3 Å². The van der Waals surface area contributed by atoms with E-state index in [1.165, 1.54) is 0 Å². The van der Waals surface area contributed by atoms with E-state index in [4.69, 9.17) is 42.6 Å². The second kappa shape index (κ2) is 45.5. The molecule has 3 aromatic rings. The summed E-state index contributed by atoms with van der Waals surface area (Å²) < 4.78 is 49.5. The van der Waals surface area contributed by atoms with Gasteiger partial charge in [0.25, 0.3) is 6.29 Å². The second-order valence-corrected chi connectivity index (χ2v) is 20.9. The maximum Gasteiger partial charge on any atom is 0.338 e. The molecule has 0 saturated carbocycles. The van der Waals surface area contributed by atoms with Crippen LogP contribution in [0.1, 0.15) is 217 Å². The van der Waals surface area contributed by atoms with Crippen LogP contribution in [0.15, 0.2) is 92.5 Å². The van der Waals surface area contributed by atoms with Gasteiger partial charge in [0.15, 0.2) is 0 Å². The van der Waals surface area contributed by atoms with Crippen LogP contribution in [0.4, 0.5) is 0 Å². The number of hydrogen-bond acceptors (Lipinski definition) is 15. The van der Waals surface area contributed by atoms with Crippen molar-refractivity contribution in [3.8, 4) is 17.2 Å². The number of rotatable bonds is 50. The Morgan fingerprint density at radius 3 is 0.845 bits per heavy atom. The maximum absolute atomic E-state index is 13.0. The fourth-order valence-electron chi connectivity index (χ4n) is 9.03. The minimum Gasteiger partial charge on any atom is -0.494 e. The number of ether oxygens (including phenoxy) is 9. The molecule has 0 unspecified atom stereocenters. The molecule has 0 spiro atoms. The van der Waals surface area contributed by atoms with Gasteiger partial charge in [-0.2, -0.15) is 0 Å². The predicted octanol–water partition coefficient (Wildman–Crippen LogP) is 15.8. The zero-order chi connectivity index (χ0) is 60.8. The van der Waals surface area contributed by atoms with Crippen molar-refractivity contribution in [2.45, 2.75) is 207 Å². The van der Waals surface area contributed by atoms with Crippen LogP contribution in [-0.4, -0.2) is 88.4 Å². The Labute approximate surface area is 501 Å². The van der Waals surface area contributed by atoms with Crippen LogP contribution in [0.2, 0.25) is 0 Å². The molecule has 3 rings (SSSR count). The first-order valence-corrected chi connectivity index (χ1v) is 31.2. The smallest absolute Gasteiger partial charge is 0.338 e. The second-order valence-electron chi connectivity index (χ2n) is 20.9. The number of hydrogen-bond donors (Lipinski definition) is 0. The van der Waals surface area contributed by atoms with Gasteiger partial charge in [0.05, 0.1) is 69.4 Å². The third-order valence-corrected chi connectivity index (χ3v) is 13.9. The fourth-order valence-corrected chi connectivity index (χ4v) is 9.03. The highest BCUT2D eigenvalue weighted by Crippen LogP contribution is 2.23. The van der Waals surface area contributed by atoms with E-state index in [0.29, 0.717) is 92.3 Å². The summed E-state index contributed by atoms with van der Waals surface area (Å²) in [7, 11) is 0. The van der Waals surface area contributed by atoms with Gasteiger partial charge in [0.2, 0.25) is 0 Å². The molecule has 15 nitrogen and oxygen atoms in total. The van der Waals surface area contributed by atoms with E-state index in [9.17, 15) is 28.8 Å². The summed E-state index contributed by atoms with van der Waals surface area (Å²) >= 11 is 0. The standard InChI is InChI=1S/C69H98O15/c1-7-76-67(73)54(4)57-37-43-60(44-38-57)79-50-31-25-19-13-10-16-22-28-34-63(70)82-53-49-66(83-64(71)35-29-23-17-11-14-20-26-32-51-80-61-45-39-58(40-46-61)55(5)68(74)77-8-2)84-65(72)36-30-24-18-12-15-21-27-33-52-81-62-47-41-59(42-48-62)56(6)69(75)78-9-3/h37-48,66H,4-36,49-53H2,1-3H3. The summed E-state index contributed by atoms with van der Waals surface area (Å²) in [6, 6.07) is 21.9. The average Bonchev–Trinajstić information content (AvgIpc) is 3.69. The van der Waals surface area contributed by atoms with Crippen molar-refractivity contribution < 1.29 is 71.4 Å². The first-order valence-electron chi connectivity index (χ1n) is 31.2. The minimum atomic E-state index is -1.12. The third kappa shape index (κ3) is 32.8. The number of carbonyl (C=O) groups excluding carboxylic acids is 6. The monoisotopic (exact) mass is 1170 g/mol. The van der Waals surface area contributed by atoms with Gasteiger partial charge >= 0.3 is 35.8 Å². The van der Waals surface area contributed by atoms with E-state index < -0.39 is 36.1 Å². The Kier molecular flexibility index (Phi) is 38.7. The van der Waals surface area contributed by atoms with Gasteiger partial charge in [0.1, 0.15) is 17.2 Å². The van der Waals surface area contributed by atoms with E-state index in [1.54, 1.807) is 20.8 Å². The SMILES string of the molecule is C=C(C(=O)OCC)c1ccc(OCCCCCCCCCCC(=O)OCCC(OC(=O)CCCCCCCCCCOc2ccc(C(=C)C(=O)OCC)cc2)OC(=O)CCCCCCCCCCOc2ccc(C(=C)C(=O)OCC)cc2)cc1. The van der Waals surface area contributed by atoms with E-state index in [0.717, 1.165) is 159 Å². The van der Waals surface area contributed by atoms with Gasteiger partial charge in [-0.3, -0.25) is 14.4 Å². The molecule has 0 atom stereocenters. The van der Waals surface area contributed by atoms with Crippen LogP contribution in [0.5, 0.6) is 17.2 Å². The van der Waals surface area contributed by atoms with Crippen LogP contribution < -0.4 is 14.2 Å². The number of esters is 6. The van der Waals surface area contributed by atoms with Crippen molar-refractivity contribution in [1.29, 1.82) is 0 Å². The minimum absolute atomic E-state index is 0.0210. The van der Waals surface area contributed by atoms with Crippen LogP contribution in [-0.2, 0) is 57.2 Å². The number of carbonyl (C=O) groups is 6. The van der Waals surface area contributed by atoms with Crippen molar-refractivity contribution >= 4 is 52.5 Å². The normalized spacial score (nSPS) is 10.9. The Bertz CT molecular complexity index is 2260. The highest BCUT2D eigenvalue weighted by Gasteiger charge is 2.21. The molecular weight excluding hydrogens is 1070 g/mol. The van der Waals surface area contributed by atoms with Crippen LogP contribution in [0.3, 0.4) is 0 Å². The Balaban J connectivity index is 1.27. The van der Waals surface area contributed by atoms with E-state index in [-0.39, 0.29) is 31.8 Å². The fraction of sp³-hybridized carbons (Fsp3) is 0.565.